The highest BCUT2D eigenvalue weighted by Crippen LogP contribution is 2.39. The minimum absolute atomic E-state index is 0.491. The molecule has 2 N–H and O–H groups in total. The lowest BCUT2D eigenvalue weighted by molar-refractivity contribution is 0.000270. The van der Waals surface area contributed by atoms with E-state index in [4.69, 9.17) is 39.4 Å². The van der Waals surface area contributed by atoms with Crippen molar-refractivity contribution < 1.29 is 9.47 Å². The van der Waals surface area contributed by atoms with Gasteiger partial charge in [0.15, 0.2) is 11.7 Å². The van der Waals surface area contributed by atoms with E-state index in [1.165, 1.54) is 0 Å². The molecule has 4 aromatic carbocycles. The zero-order valence-corrected chi connectivity index (χ0v) is 23.7. The largest absolute Gasteiger partial charge is 0.335 e. The summed E-state index contributed by atoms with van der Waals surface area (Å²) in [5, 5.41) is 3.51. The molecule has 0 saturated carbocycles. The summed E-state index contributed by atoms with van der Waals surface area (Å²) in [6.45, 7) is 0. The normalized spacial score (nSPS) is 23.0. The number of hydrogen-bond acceptors (Lipinski definition) is 8. The van der Waals surface area contributed by atoms with E-state index in [9.17, 15) is 0 Å². The van der Waals surface area contributed by atoms with Crippen molar-refractivity contribution in [2.75, 3.05) is 14.2 Å². The molecule has 0 radical (unpaired) electrons. The number of H-pyrrole nitrogens is 2. The molecule has 6 aromatic rings. The van der Waals surface area contributed by atoms with Gasteiger partial charge in [-0.05, 0) is 0 Å². The Kier molecular flexibility index (Phi) is 5.09. The molecule has 212 valence electrons. The Morgan fingerprint density at radius 1 is 0.455 bits per heavy atom. The summed E-state index contributed by atoms with van der Waals surface area (Å²) in [7, 11) is 3.22. The molecule has 10 heteroatoms. The second-order valence-corrected chi connectivity index (χ2v) is 10.8. The Hall–Kier alpha value is -5.58. The molecule has 10 nitrogen and oxygen atoms in total. The first-order valence-electron chi connectivity index (χ1n) is 14.2. The van der Waals surface area contributed by atoms with Gasteiger partial charge < -0.3 is 19.4 Å². The van der Waals surface area contributed by atoms with Gasteiger partial charge in [-0.15, -0.1) is 0 Å². The monoisotopic (exact) mass is 576 g/mol. The van der Waals surface area contributed by atoms with Gasteiger partial charge in [0, 0.05) is 58.0 Å². The summed E-state index contributed by atoms with van der Waals surface area (Å²) < 4.78 is 12.3. The highest BCUT2D eigenvalue weighted by Gasteiger charge is 2.42. The topological polar surface area (TPSA) is 124 Å². The molecule has 5 heterocycles. The van der Waals surface area contributed by atoms with Gasteiger partial charge in [0.25, 0.3) is 11.7 Å². The first-order chi connectivity index (χ1) is 21.6. The average Bonchev–Trinajstić information content (AvgIpc) is 3.78. The van der Waals surface area contributed by atoms with Crippen molar-refractivity contribution in [1.82, 2.24) is 9.97 Å². The fourth-order valence-corrected chi connectivity index (χ4v) is 6.35. The number of nitrogens with one attached hydrogen (secondary N) is 2. The number of ether oxygens (including phenoxy) is 2. The smallest absolute Gasteiger partial charge is 0.288 e. The van der Waals surface area contributed by atoms with Crippen molar-refractivity contribution in [3.05, 3.63) is 141 Å². The highest BCUT2D eigenvalue weighted by molar-refractivity contribution is 6.05. The van der Waals surface area contributed by atoms with Crippen LogP contribution in [0.3, 0.4) is 0 Å². The molecule has 44 heavy (non-hydrogen) atoms. The molecule has 2 aromatic heterocycles. The van der Waals surface area contributed by atoms with E-state index in [0.29, 0.717) is 33.6 Å². The van der Waals surface area contributed by atoms with Gasteiger partial charge in [0.05, 0.1) is 0 Å². The van der Waals surface area contributed by atoms with E-state index >= 15 is 0 Å². The molecule has 3 aliphatic heterocycles. The van der Waals surface area contributed by atoms with E-state index in [2.05, 4.69) is 9.97 Å². The zero-order chi connectivity index (χ0) is 29.5. The minimum Gasteiger partial charge on any atom is -0.335 e. The second kappa shape index (κ2) is 8.96. The standard InChI is InChI=1S/C34H24N8O2/c1-43-33-25-17-9-7-15-23(25)31(41-33)37-28-20-12-4-6-14-22(20)30(36-28)40-34(44-2)26-18-10-8-16-24(26)32(42-34)38-27-19-11-3-5-13-21(19)29(35-27)39-33/h3-18H,1-2H3,(H,35,38,39,42)(H,36,37,40,41). The third kappa shape index (κ3) is 3.37. The van der Waals surface area contributed by atoms with Gasteiger partial charge in [-0.2, -0.15) is 0 Å². The van der Waals surface area contributed by atoms with Crippen LogP contribution >= 0.6 is 0 Å². The highest BCUT2D eigenvalue weighted by atomic mass is 16.5. The Labute approximate surface area is 249 Å². The summed E-state index contributed by atoms with van der Waals surface area (Å²) in [6.07, 6.45) is 0. The van der Waals surface area contributed by atoms with E-state index in [1.54, 1.807) is 14.2 Å². The van der Waals surface area contributed by atoms with E-state index in [1.807, 2.05) is 97.1 Å². The van der Waals surface area contributed by atoms with Crippen molar-refractivity contribution in [3.8, 4) is 0 Å². The van der Waals surface area contributed by atoms with E-state index in [-0.39, 0.29) is 0 Å². The summed E-state index contributed by atoms with van der Waals surface area (Å²) in [4.78, 5) is 37.4. The quantitative estimate of drug-likeness (QED) is 0.329. The zero-order valence-electron chi connectivity index (χ0n) is 23.7. The lowest BCUT2D eigenvalue weighted by atomic mass is 10.1. The Morgan fingerprint density at radius 2 is 0.818 bits per heavy atom. The fraction of sp³-hybridized carbons (Fsp3) is 0.118. The first-order valence-corrected chi connectivity index (χ1v) is 14.2. The SMILES string of the molecule is COC12N=C(N=c3[nH]/c(c4ccccc34)=N\C3(OC)N=C(N=c4[nH]/c(c5ccccc45)=N\1)c1ccccc13)c1ccccc12. The molecule has 0 aliphatic carbocycles. The van der Waals surface area contributed by atoms with Gasteiger partial charge >= 0.3 is 0 Å². The van der Waals surface area contributed by atoms with Crippen molar-refractivity contribution >= 4 is 33.2 Å². The maximum Gasteiger partial charge on any atom is 0.288 e. The number of aliphatic imine (C=N–C) groups is 2. The minimum atomic E-state index is -1.37. The number of rotatable bonds is 2. The third-order valence-corrected chi connectivity index (χ3v) is 8.43. The van der Waals surface area contributed by atoms with Crippen LogP contribution in [0, 0.1) is 0 Å². The number of fused-ring (bicyclic) bond motifs is 18. The number of aromatic nitrogens is 2. The molecule has 2 unspecified atom stereocenters. The maximum atomic E-state index is 6.13. The Morgan fingerprint density at radius 3 is 1.23 bits per heavy atom. The predicted octanol–water partition coefficient (Wildman–Crippen LogP) is 3.28. The summed E-state index contributed by atoms with van der Waals surface area (Å²) >= 11 is 0. The lowest BCUT2D eigenvalue weighted by Gasteiger charge is -2.20. The number of hydrogen-bond donors (Lipinski definition) is 2. The van der Waals surface area contributed by atoms with Crippen molar-refractivity contribution in [3.63, 3.8) is 0 Å². The van der Waals surface area contributed by atoms with Crippen molar-refractivity contribution in [2.45, 2.75) is 11.7 Å². The number of amidine groups is 2. The fourth-order valence-electron chi connectivity index (χ4n) is 6.35. The molecular weight excluding hydrogens is 552 g/mol. The number of methoxy groups -OCH3 is 2. The average molecular weight is 577 g/mol. The van der Waals surface area contributed by atoms with Gasteiger partial charge in [0.2, 0.25) is 0 Å². The molecule has 3 aliphatic rings. The third-order valence-electron chi connectivity index (χ3n) is 8.43. The van der Waals surface area contributed by atoms with Crippen LogP contribution in [0.4, 0.5) is 0 Å². The van der Waals surface area contributed by atoms with E-state index < -0.39 is 11.7 Å². The molecule has 0 fully saturated rings. The van der Waals surface area contributed by atoms with Gasteiger partial charge in [-0.1, -0.05) is 97.1 Å². The van der Waals surface area contributed by atoms with Crippen molar-refractivity contribution in [1.29, 1.82) is 0 Å². The molecule has 0 saturated heterocycles. The second-order valence-electron chi connectivity index (χ2n) is 10.8. The lowest BCUT2D eigenvalue weighted by Crippen LogP contribution is -2.27. The Bertz CT molecular complexity index is 2330. The molecule has 9 rings (SSSR count). The van der Waals surface area contributed by atoms with Gasteiger partial charge in [-0.3, -0.25) is 0 Å². The summed E-state index contributed by atoms with van der Waals surface area (Å²) in [5.41, 5.74) is 5.60. The molecular formula is C34H24N8O2. The number of benzene rings is 4. The predicted molar refractivity (Wildman–Crippen MR) is 165 cm³/mol. The number of aromatic amines is 2. The van der Waals surface area contributed by atoms with Gasteiger partial charge in [0.1, 0.15) is 22.0 Å². The van der Waals surface area contributed by atoms with Crippen LogP contribution in [-0.2, 0) is 21.2 Å². The van der Waals surface area contributed by atoms with Crippen LogP contribution in [-0.4, -0.2) is 35.9 Å². The van der Waals surface area contributed by atoms with Crippen LogP contribution in [0.1, 0.15) is 22.3 Å². The maximum absolute atomic E-state index is 6.13. The van der Waals surface area contributed by atoms with Crippen LogP contribution < -0.4 is 22.0 Å². The summed E-state index contributed by atoms with van der Waals surface area (Å²) in [6, 6.07) is 31.6. The van der Waals surface area contributed by atoms with Crippen LogP contribution in [0.15, 0.2) is 127 Å². The van der Waals surface area contributed by atoms with Gasteiger partial charge in [-0.25, -0.2) is 30.0 Å². The first kappa shape index (κ1) is 25.0. The van der Waals surface area contributed by atoms with Crippen LogP contribution in [0.2, 0.25) is 0 Å². The molecule has 2 atom stereocenters. The number of nitrogens with zero attached hydrogens (tertiary/aromatic N) is 6. The van der Waals surface area contributed by atoms with Crippen molar-refractivity contribution in [2.24, 2.45) is 30.0 Å². The van der Waals surface area contributed by atoms with Crippen LogP contribution in [0.25, 0.3) is 21.5 Å². The molecule has 0 spiro atoms. The van der Waals surface area contributed by atoms with Crippen LogP contribution in [0.5, 0.6) is 0 Å². The summed E-state index contributed by atoms with van der Waals surface area (Å²) in [5.74, 6) is -1.75. The Balaban J connectivity index is 1.49. The van der Waals surface area contributed by atoms with E-state index in [0.717, 1.165) is 43.8 Å². The molecule has 8 bridgehead atoms. The molecule has 0 amide bonds.